The van der Waals surface area contributed by atoms with E-state index in [4.69, 9.17) is 0 Å². The van der Waals surface area contributed by atoms with Gasteiger partial charge in [0.1, 0.15) is 0 Å². The average Bonchev–Trinajstić information content (AvgIpc) is 2.89. The van der Waals surface area contributed by atoms with Crippen LogP contribution in [-0.2, 0) is 9.53 Å². The smallest absolute Gasteiger partial charge is 0.305 e. The quantitative estimate of drug-likeness (QED) is 0.273. The minimum absolute atomic E-state index is 0.0560. The van der Waals surface area contributed by atoms with Crippen molar-refractivity contribution in [3.63, 3.8) is 0 Å². The van der Waals surface area contributed by atoms with Crippen molar-refractivity contribution in [1.29, 1.82) is 0 Å². The fourth-order valence-electron chi connectivity index (χ4n) is 3.68. The second-order valence-corrected chi connectivity index (χ2v) is 7.96. The lowest BCUT2D eigenvalue weighted by atomic mass is 9.88. The molecule has 27 heavy (non-hydrogen) atoms. The van der Waals surface area contributed by atoms with Gasteiger partial charge in [0.25, 0.3) is 0 Å². The first kappa shape index (κ1) is 23.9. The van der Waals surface area contributed by atoms with E-state index in [1.54, 1.807) is 13.0 Å². The maximum Gasteiger partial charge on any atom is 0.305 e. The third-order valence-electron chi connectivity index (χ3n) is 5.43. The number of rotatable bonds is 12. The van der Waals surface area contributed by atoms with Gasteiger partial charge in [-0.2, -0.15) is 0 Å². The average molecular weight is 383 g/mol. The molecule has 5 nitrogen and oxygen atoms in total. The Morgan fingerprint density at radius 3 is 2.59 bits per heavy atom. The van der Waals surface area contributed by atoms with Crippen LogP contribution >= 0.6 is 0 Å². The maximum absolute atomic E-state index is 11.1. The number of aliphatic hydroxyl groups is 3. The SMILES string of the molecule is CCCCC[C@](C)(O)C=C[C@@H]1[C@@H](CC=CCCCC(=O)OC)[C@@H](O)C[C@H]1O. The first-order valence-electron chi connectivity index (χ1n) is 10.3. The number of carbonyl (C=O) groups is 1. The van der Waals surface area contributed by atoms with E-state index < -0.39 is 17.8 Å². The van der Waals surface area contributed by atoms with Crippen molar-refractivity contribution < 1.29 is 24.9 Å². The van der Waals surface area contributed by atoms with E-state index in [1.165, 1.54) is 7.11 Å². The molecule has 0 aromatic carbocycles. The molecule has 0 aliphatic heterocycles. The van der Waals surface area contributed by atoms with Crippen LogP contribution in [0.25, 0.3) is 0 Å². The fourth-order valence-corrected chi connectivity index (χ4v) is 3.68. The molecule has 1 aliphatic rings. The van der Waals surface area contributed by atoms with Gasteiger partial charge in [-0.25, -0.2) is 0 Å². The molecule has 5 atom stereocenters. The third-order valence-corrected chi connectivity index (χ3v) is 5.43. The molecule has 0 aromatic rings. The number of esters is 1. The monoisotopic (exact) mass is 382 g/mol. The Bertz CT molecular complexity index is 483. The van der Waals surface area contributed by atoms with Crippen LogP contribution in [-0.4, -0.2) is 46.2 Å². The molecule has 0 unspecified atom stereocenters. The van der Waals surface area contributed by atoms with Crippen LogP contribution in [0.15, 0.2) is 24.3 Å². The van der Waals surface area contributed by atoms with Gasteiger partial charge in [-0.15, -0.1) is 0 Å². The molecule has 1 saturated carbocycles. The summed E-state index contributed by atoms with van der Waals surface area (Å²) in [6.45, 7) is 3.93. The summed E-state index contributed by atoms with van der Waals surface area (Å²) >= 11 is 0. The zero-order valence-electron chi connectivity index (χ0n) is 17.1. The molecule has 5 heteroatoms. The Kier molecular flexibility index (Phi) is 10.9. The molecule has 1 rings (SSSR count). The van der Waals surface area contributed by atoms with Gasteiger partial charge in [0.15, 0.2) is 0 Å². The molecule has 0 saturated heterocycles. The summed E-state index contributed by atoms with van der Waals surface area (Å²) in [4.78, 5) is 11.1. The summed E-state index contributed by atoms with van der Waals surface area (Å²) in [5.74, 6) is -0.411. The Morgan fingerprint density at radius 2 is 1.93 bits per heavy atom. The lowest BCUT2D eigenvalue weighted by Crippen LogP contribution is -2.24. The summed E-state index contributed by atoms with van der Waals surface area (Å²) < 4.78 is 4.61. The maximum atomic E-state index is 11.1. The van der Waals surface area contributed by atoms with Crippen LogP contribution in [0.5, 0.6) is 0 Å². The molecule has 1 fully saturated rings. The molecule has 0 heterocycles. The van der Waals surface area contributed by atoms with Crippen LogP contribution in [0.3, 0.4) is 0 Å². The predicted octanol–water partition coefficient (Wildman–Crippen LogP) is 3.52. The highest BCUT2D eigenvalue weighted by atomic mass is 16.5. The van der Waals surface area contributed by atoms with Gasteiger partial charge >= 0.3 is 5.97 Å². The standard InChI is InChI=1S/C22H38O5/c1-4-5-10-14-22(2,26)15-13-18-17(19(23)16-20(18)24)11-8-6-7-9-12-21(25)27-3/h6,8,13,15,17-20,23-24,26H,4-5,7,9-12,14,16H2,1-3H3/t17-,18-,19+,20-,22+/m1/s1. The second-order valence-electron chi connectivity index (χ2n) is 7.96. The minimum Gasteiger partial charge on any atom is -0.469 e. The molecule has 3 N–H and O–H groups in total. The van der Waals surface area contributed by atoms with Crippen molar-refractivity contribution in [3.8, 4) is 0 Å². The molecule has 0 bridgehead atoms. The van der Waals surface area contributed by atoms with E-state index in [2.05, 4.69) is 11.7 Å². The molecule has 0 amide bonds. The summed E-state index contributed by atoms with van der Waals surface area (Å²) in [6, 6.07) is 0. The fraction of sp³-hybridized carbons (Fsp3) is 0.773. The normalized spacial score (nSPS) is 28.1. The van der Waals surface area contributed by atoms with Crippen LogP contribution in [0.4, 0.5) is 0 Å². The first-order valence-corrected chi connectivity index (χ1v) is 10.3. The number of hydrogen-bond acceptors (Lipinski definition) is 5. The van der Waals surface area contributed by atoms with Crippen molar-refractivity contribution in [2.24, 2.45) is 11.8 Å². The van der Waals surface area contributed by atoms with Gasteiger partial charge in [0, 0.05) is 18.8 Å². The largest absolute Gasteiger partial charge is 0.469 e. The lowest BCUT2D eigenvalue weighted by molar-refractivity contribution is -0.140. The molecule has 1 aliphatic carbocycles. The van der Waals surface area contributed by atoms with E-state index >= 15 is 0 Å². The number of unbranched alkanes of at least 4 members (excludes halogenated alkanes) is 3. The highest BCUT2D eigenvalue weighted by Crippen LogP contribution is 2.37. The minimum atomic E-state index is -0.878. The Morgan fingerprint density at radius 1 is 1.19 bits per heavy atom. The van der Waals surface area contributed by atoms with Crippen LogP contribution in [0.2, 0.25) is 0 Å². The Hall–Kier alpha value is -1.17. The van der Waals surface area contributed by atoms with E-state index in [1.807, 2.05) is 18.2 Å². The number of carbonyl (C=O) groups excluding carboxylic acids is 1. The number of methoxy groups -OCH3 is 1. The zero-order valence-corrected chi connectivity index (χ0v) is 17.1. The Labute approximate surface area is 164 Å². The van der Waals surface area contributed by atoms with E-state index in [-0.39, 0.29) is 17.8 Å². The molecule has 0 aromatic heterocycles. The lowest BCUT2D eigenvalue weighted by Gasteiger charge is -2.23. The van der Waals surface area contributed by atoms with E-state index in [9.17, 15) is 20.1 Å². The van der Waals surface area contributed by atoms with Gasteiger partial charge in [-0.05, 0) is 38.5 Å². The molecule has 0 radical (unpaired) electrons. The number of ether oxygens (including phenoxy) is 1. The third kappa shape index (κ3) is 9.04. The zero-order chi connectivity index (χ0) is 20.3. The number of aliphatic hydroxyl groups excluding tert-OH is 2. The van der Waals surface area contributed by atoms with Gasteiger partial charge in [-0.1, -0.05) is 50.5 Å². The van der Waals surface area contributed by atoms with Gasteiger partial charge < -0.3 is 20.1 Å². The summed E-state index contributed by atoms with van der Waals surface area (Å²) in [5.41, 5.74) is -0.878. The van der Waals surface area contributed by atoms with E-state index in [0.717, 1.165) is 32.1 Å². The molecular weight excluding hydrogens is 344 g/mol. The predicted molar refractivity (Wildman–Crippen MR) is 107 cm³/mol. The van der Waals surface area contributed by atoms with Crippen LogP contribution < -0.4 is 0 Å². The van der Waals surface area contributed by atoms with Crippen molar-refractivity contribution in [2.45, 2.75) is 89.4 Å². The molecule has 156 valence electrons. The van der Waals surface area contributed by atoms with Gasteiger partial charge in [-0.3, -0.25) is 4.79 Å². The van der Waals surface area contributed by atoms with Crippen LogP contribution in [0.1, 0.15) is 71.6 Å². The Balaban J connectivity index is 2.54. The molecule has 0 spiro atoms. The summed E-state index contributed by atoms with van der Waals surface area (Å²) in [6.07, 6.45) is 13.4. The van der Waals surface area contributed by atoms with Gasteiger partial charge in [0.2, 0.25) is 0 Å². The van der Waals surface area contributed by atoms with Crippen molar-refractivity contribution in [1.82, 2.24) is 0 Å². The van der Waals surface area contributed by atoms with Crippen molar-refractivity contribution in [3.05, 3.63) is 24.3 Å². The summed E-state index contributed by atoms with van der Waals surface area (Å²) in [7, 11) is 1.39. The van der Waals surface area contributed by atoms with Crippen LogP contribution in [0, 0.1) is 11.8 Å². The topological polar surface area (TPSA) is 87.0 Å². The molecular formula is C22H38O5. The van der Waals surface area contributed by atoms with E-state index in [0.29, 0.717) is 25.7 Å². The second kappa shape index (κ2) is 12.3. The highest BCUT2D eigenvalue weighted by molar-refractivity contribution is 5.69. The number of allylic oxidation sites excluding steroid dienone is 2. The van der Waals surface area contributed by atoms with Gasteiger partial charge in [0.05, 0.1) is 24.9 Å². The van der Waals surface area contributed by atoms with Crippen molar-refractivity contribution >= 4 is 5.97 Å². The number of hydrogen-bond donors (Lipinski definition) is 3. The van der Waals surface area contributed by atoms with Crippen molar-refractivity contribution in [2.75, 3.05) is 7.11 Å². The highest BCUT2D eigenvalue weighted by Gasteiger charge is 2.39. The summed E-state index contributed by atoms with van der Waals surface area (Å²) in [5, 5.41) is 31.1. The first-order chi connectivity index (χ1) is 12.8.